The Kier molecular flexibility index (Phi) is 5.60. The van der Waals surface area contributed by atoms with Gasteiger partial charge in [0, 0.05) is 0 Å². The minimum absolute atomic E-state index is 0.870. The van der Waals surface area contributed by atoms with Gasteiger partial charge in [0.2, 0.25) is 0 Å². The van der Waals surface area contributed by atoms with Crippen LogP contribution in [0.15, 0.2) is 0 Å². The average molecular weight is 337 g/mol. The Hall–Kier alpha value is -2.91. The highest BCUT2D eigenvalue weighted by atomic mass is 35.5. The highest BCUT2D eigenvalue weighted by Crippen LogP contribution is 2.39. The minimum atomic E-state index is -3.99. The van der Waals surface area contributed by atoms with Crippen LogP contribution in [0.5, 0.6) is 0 Å². The molecule has 0 heterocycles. The lowest BCUT2D eigenvalue weighted by molar-refractivity contribution is -0.970. The monoisotopic (exact) mass is 336 g/mol. The molecule has 0 aromatic heterocycles. The lowest BCUT2D eigenvalue weighted by Gasteiger charge is -2.36. The smallest absolute Gasteiger partial charge is 0.284 e. The lowest BCUT2D eigenvalue weighted by atomic mass is 10.2. The first-order valence-electron chi connectivity index (χ1n) is 4.51. The van der Waals surface area contributed by atoms with Gasteiger partial charge in [-0.2, -0.15) is 0 Å². The van der Waals surface area contributed by atoms with Gasteiger partial charge < -0.3 is 0 Å². The van der Waals surface area contributed by atoms with E-state index in [0.29, 0.717) is 0 Å². The number of hydrogen-bond donors (Lipinski definition) is 0. The fourth-order valence-corrected chi connectivity index (χ4v) is 1.16. The number of rotatable bonds is 10. The molecule has 120 valence electrons. The molecule has 0 aromatic carbocycles. The van der Waals surface area contributed by atoms with E-state index >= 15 is 0 Å². The summed E-state index contributed by atoms with van der Waals surface area (Å²) in [4.78, 5) is 55.7. The molecule has 0 spiro atoms. The fourth-order valence-electron chi connectivity index (χ4n) is 1.00. The summed E-state index contributed by atoms with van der Waals surface area (Å²) in [7, 11) is 0. The molecule has 0 radical (unpaired) electrons. The normalized spacial score (nSPS) is 13.4. The maximum absolute atomic E-state index is 10.3. The standard InChI is InChI=1S/C4H5ClN4O12/c1-2-3(5,18-6(10)11)4(19-7(12)13,20-8(14)15)21-9(16)17/h2H2,1H3. The first kappa shape index (κ1) is 18.1. The van der Waals surface area contributed by atoms with E-state index in [1.807, 2.05) is 0 Å². The van der Waals surface area contributed by atoms with Gasteiger partial charge in [-0.15, -0.1) is 40.5 Å². The van der Waals surface area contributed by atoms with E-state index in [1.165, 1.54) is 0 Å². The predicted molar refractivity (Wildman–Crippen MR) is 53.9 cm³/mol. The highest BCUT2D eigenvalue weighted by molar-refractivity contribution is 6.23. The van der Waals surface area contributed by atoms with Gasteiger partial charge in [-0.3, -0.25) is 4.84 Å². The van der Waals surface area contributed by atoms with E-state index < -0.39 is 37.8 Å². The van der Waals surface area contributed by atoms with Crippen molar-refractivity contribution in [3.05, 3.63) is 40.5 Å². The summed E-state index contributed by atoms with van der Waals surface area (Å²) in [5, 5.41) is 30.9. The van der Waals surface area contributed by atoms with Gasteiger partial charge in [0.15, 0.2) is 0 Å². The zero-order valence-corrected chi connectivity index (χ0v) is 10.5. The zero-order valence-electron chi connectivity index (χ0n) is 9.77. The number of hydrogen-bond acceptors (Lipinski definition) is 12. The van der Waals surface area contributed by atoms with Gasteiger partial charge in [-0.1, -0.05) is 18.5 Å². The Balaban J connectivity index is 5.99. The molecule has 0 rings (SSSR count). The lowest BCUT2D eigenvalue weighted by Crippen LogP contribution is -2.60. The molecule has 0 amide bonds. The molecule has 0 fully saturated rings. The molecule has 1 atom stereocenters. The first-order valence-corrected chi connectivity index (χ1v) is 4.88. The number of halogens is 1. The van der Waals surface area contributed by atoms with Crippen LogP contribution in [0.2, 0.25) is 0 Å². The Morgan fingerprint density at radius 1 is 0.810 bits per heavy atom. The van der Waals surface area contributed by atoms with Crippen LogP contribution in [-0.2, 0) is 19.4 Å². The van der Waals surface area contributed by atoms with Crippen molar-refractivity contribution < 1.29 is 39.7 Å². The third-order valence-electron chi connectivity index (χ3n) is 1.72. The summed E-state index contributed by atoms with van der Waals surface area (Å²) in [6.45, 7) is 0.959. The highest BCUT2D eigenvalue weighted by Gasteiger charge is 2.64. The van der Waals surface area contributed by atoms with Gasteiger partial charge in [0.1, 0.15) is 0 Å². The maximum Gasteiger partial charge on any atom is 0.449 e. The van der Waals surface area contributed by atoms with Gasteiger partial charge in [-0.05, 0) is 6.42 Å². The van der Waals surface area contributed by atoms with Crippen molar-refractivity contribution in [2.45, 2.75) is 24.4 Å². The van der Waals surface area contributed by atoms with Gasteiger partial charge in [0.05, 0.1) is 0 Å². The second-order valence-corrected chi connectivity index (χ2v) is 3.51. The third kappa shape index (κ3) is 4.60. The molecule has 0 saturated carbocycles. The van der Waals surface area contributed by atoms with Crippen LogP contribution in [0.1, 0.15) is 13.3 Å². The molecule has 0 bridgehead atoms. The molecule has 0 aromatic rings. The van der Waals surface area contributed by atoms with E-state index in [4.69, 9.17) is 11.6 Å². The molecule has 0 aliphatic heterocycles. The quantitative estimate of drug-likeness (QED) is 0.220. The van der Waals surface area contributed by atoms with Crippen molar-refractivity contribution >= 4 is 11.6 Å². The topological polar surface area (TPSA) is 209 Å². The van der Waals surface area contributed by atoms with E-state index in [0.717, 1.165) is 6.92 Å². The molecule has 16 nitrogen and oxygen atoms in total. The van der Waals surface area contributed by atoms with Crippen molar-refractivity contribution in [1.29, 1.82) is 0 Å². The summed E-state index contributed by atoms with van der Waals surface area (Å²) in [6.07, 6.45) is -0.870. The van der Waals surface area contributed by atoms with Crippen LogP contribution in [0, 0.1) is 40.5 Å². The van der Waals surface area contributed by atoms with E-state index in [9.17, 15) is 40.5 Å². The van der Waals surface area contributed by atoms with Crippen LogP contribution in [0.4, 0.5) is 0 Å². The second kappa shape index (κ2) is 6.50. The Labute approximate surface area is 117 Å². The molecule has 0 N–H and O–H groups in total. The van der Waals surface area contributed by atoms with Gasteiger partial charge in [-0.25, -0.2) is 14.5 Å². The van der Waals surface area contributed by atoms with Gasteiger partial charge >= 0.3 is 5.97 Å². The van der Waals surface area contributed by atoms with Crippen LogP contribution < -0.4 is 0 Å². The van der Waals surface area contributed by atoms with Crippen LogP contribution in [0.3, 0.4) is 0 Å². The Morgan fingerprint density at radius 2 is 1.10 bits per heavy atom. The van der Waals surface area contributed by atoms with Crippen molar-refractivity contribution in [3.8, 4) is 0 Å². The van der Waals surface area contributed by atoms with E-state index in [1.54, 1.807) is 0 Å². The van der Waals surface area contributed by atoms with E-state index in [-0.39, 0.29) is 0 Å². The summed E-state index contributed by atoms with van der Waals surface area (Å²) < 4.78 is 0. The predicted octanol–water partition coefficient (Wildman–Crippen LogP) is -0.182. The zero-order chi connectivity index (χ0) is 16.8. The van der Waals surface area contributed by atoms with Crippen LogP contribution in [0.25, 0.3) is 0 Å². The van der Waals surface area contributed by atoms with Crippen molar-refractivity contribution in [3.63, 3.8) is 0 Å². The summed E-state index contributed by atoms with van der Waals surface area (Å²) >= 11 is 5.42. The molecule has 0 aliphatic carbocycles. The Bertz CT molecular complexity index is 414. The third-order valence-corrected chi connectivity index (χ3v) is 2.28. The fraction of sp³-hybridized carbons (Fsp3) is 1.00. The van der Waals surface area contributed by atoms with Crippen LogP contribution in [-0.4, -0.2) is 31.4 Å². The second-order valence-electron chi connectivity index (χ2n) is 2.90. The molecule has 0 aliphatic rings. The van der Waals surface area contributed by atoms with Gasteiger partial charge in [0.25, 0.3) is 25.4 Å². The summed E-state index contributed by atoms with van der Waals surface area (Å²) in [5.74, 6) is -3.99. The van der Waals surface area contributed by atoms with Crippen molar-refractivity contribution in [2.75, 3.05) is 0 Å². The van der Waals surface area contributed by atoms with Crippen molar-refractivity contribution in [2.24, 2.45) is 0 Å². The average Bonchev–Trinajstić information content (AvgIpc) is 2.24. The van der Waals surface area contributed by atoms with E-state index in [2.05, 4.69) is 19.4 Å². The number of nitrogens with zero attached hydrogens (tertiary/aromatic N) is 4. The molecular weight excluding hydrogens is 332 g/mol. The number of alkyl halides is 1. The SMILES string of the molecule is CCC(Cl)(O[N+](=O)[O-])C(O[N+](=O)[O-])(O[N+](=O)[O-])O[N+](=O)[O-]. The van der Waals surface area contributed by atoms with Crippen LogP contribution >= 0.6 is 11.6 Å². The largest absolute Gasteiger partial charge is 0.449 e. The minimum Gasteiger partial charge on any atom is -0.284 e. The molecular formula is C4H5ClN4O12. The maximum atomic E-state index is 10.3. The molecule has 21 heavy (non-hydrogen) atoms. The summed E-state index contributed by atoms with van der Waals surface area (Å²) in [5.41, 5.74) is 0. The first-order chi connectivity index (χ1) is 9.48. The molecule has 0 saturated heterocycles. The Morgan fingerprint density at radius 3 is 1.29 bits per heavy atom. The molecule has 1 unspecified atom stereocenters. The molecule has 17 heteroatoms. The summed E-state index contributed by atoms with van der Waals surface area (Å²) in [6, 6.07) is 0. The van der Waals surface area contributed by atoms with Crippen molar-refractivity contribution in [1.82, 2.24) is 0 Å².